The van der Waals surface area contributed by atoms with E-state index in [1.54, 1.807) is 6.20 Å². The van der Waals surface area contributed by atoms with Gasteiger partial charge >= 0.3 is 0 Å². The maximum absolute atomic E-state index is 12.4. The van der Waals surface area contributed by atoms with Crippen LogP contribution in [0.3, 0.4) is 0 Å². The van der Waals surface area contributed by atoms with E-state index < -0.39 is 0 Å². The van der Waals surface area contributed by atoms with Crippen molar-refractivity contribution in [2.24, 2.45) is 5.92 Å². The molecular formula is C18H27N3O2. The Balaban J connectivity index is 1.52. The van der Waals surface area contributed by atoms with Gasteiger partial charge in [0.2, 0.25) is 5.91 Å². The molecule has 23 heavy (non-hydrogen) atoms. The van der Waals surface area contributed by atoms with Crippen molar-refractivity contribution in [2.75, 3.05) is 18.4 Å². The lowest BCUT2D eigenvalue weighted by atomic mass is 9.88. The first-order valence-electron chi connectivity index (χ1n) is 8.80. The zero-order chi connectivity index (χ0) is 16.2. The second-order valence-corrected chi connectivity index (χ2v) is 6.89. The molecule has 1 saturated heterocycles. The number of aliphatic hydroxyl groups excluding tert-OH is 1. The van der Waals surface area contributed by atoms with Gasteiger partial charge in [-0.15, -0.1) is 0 Å². The van der Waals surface area contributed by atoms with E-state index in [0.29, 0.717) is 11.9 Å². The van der Waals surface area contributed by atoms with E-state index in [-0.39, 0.29) is 17.9 Å². The lowest BCUT2D eigenvalue weighted by Gasteiger charge is -2.41. The molecule has 0 spiro atoms. The second kappa shape index (κ2) is 7.41. The Morgan fingerprint density at radius 1 is 1.26 bits per heavy atom. The van der Waals surface area contributed by atoms with Crippen molar-refractivity contribution in [2.45, 2.75) is 57.6 Å². The van der Waals surface area contributed by atoms with Crippen LogP contribution < -0.4 is 5.32 Å². The van der Waals surface area contributed by atoms with Crippen molar-refractivity contribution in [1.29, 1.82) is 0 Å². The van der Waals surface area contributed by atoms with E-state index in [0.717, 1.165) is 50.8 Å². The number of nitrogens with one attached hydrogen (secondary N) is 1. The fraction of sp³-hybridized carbons (Fsp3) is 0.667. The van der Waals surface area contributed by atoms with E-state index in [1.807, 2.05) is 19.1 Å². The summed E-state index contributed by atoms with van der Waals surface area (Å²) in [7, 11) is 0. The van der Waals surface area contributed by atoms with Crippen LogP contribution in [0.1, 0.15) is 44.1 Å². The molecule has 0 unspecified atom stereocenters. The first-order valence-corrected chi connectivity index (χ1v) is 8.80. The number of carbonyl (C=O) groups excluding carboxylic acids is 1. The van der Waals surface area contributed by atoms with E-state index in [1.165, 1.54) is 6.42 Å². The second-order valence-electron chi connectivity index (χ2n) is 6.89. The normalized spacial score (nSPS) is 26.9. The molecule has 1 amide bonds. The molecule has 0 radical (unpaired) electrons. The molecule has 126 valence electrons. The van der Waals surface area contributed by atoms with Crippen LogP contribution in [0.5, 0.6) is 0 Å². The molecule has 1 saturated carbocycles. The zero-order valence-electron chi connectivity index (χ0n) is 13.9. The summed E-state index contributed by atoms with van der Waals surface area (Å²) in [5, 5.41) is 13.2. The summed E-state index contributed by atoms with van der Waals surface area (Å²) in [6.07, 6.45) is 7.60. The van der Waals surface area contributed by atoms with E-state index >= 15 is 0 Å². The molecule has 2 fully saturated rings. The number of amides is 1. The molecule has 5 nitrogen and oxygen atoms in total. The molecule has 3 rings (SSSR count). The van der Waals surface area contributed by atoms with Gasteiger partial charge in [-0.25, -0.2) is 4.98 Å². The zero-order valence-corrected chi connectivity index (χ0v) is 13.9. The molecular weight excluding hydrogens is 290 g/mol. The summed E-state index contributed by atoms with van der Waals surface area (Å²) in [6, 6.07) is 4.13. The van der Waals surface area contributed by atoms with Crippen LogP contribution in [0.15, 0.2) is 18.3 Å². The summed E-state index contributed by atoms with van der Waals surface area (Å²) in [4.78, 5) is 19.1. The number of aliphatic hydroxyl groups is 1. The highest BCUT2D eigenvalue weighted by Gasteiger charge is 2.33. The molecule has 1 aromatic heterocycles. The number of anilines is 1. The summed E-state index contributed by atoms with van der Waals surface area (Å²) in [6.45, 7) is 3.76. The van der Waals surface area contributed by atoms with E-state index in [4.69, 9.17) is 0 Å². The molecule has 5 heteroatoms. The molecule has 1 aromatic rings. The lowest BCUT2D eigenvalue weighted by molar-refractivity contribution is -0.121. The van der Waals surface area contributed by atoms with Gasteiger partial charge in [-0.1, -0.05) is 18.9 Å². The van der Waals surface area contributed by atoms with Gasteiger partial charge in [0, 0.05) is 18.2 Å². The number of hydrogen-bond acceptors (Lipinski definition) is 4. The van der Waals surface area contributed by atoms with E-state index in [2.05, 4.69) is 15.2 Å². The van der Waals surface area contributed by atoms with Crippen molar-refractivity contribution in [3.05, 3.63) is 23.9 Å². The first kappa shape index (κ1) is 16.4. The Hall–Kier alpha value is -1.46. The highest BCUT2D eigenvalue weighted by Crippen LogP contribution is 2.28. The molecule has 2 aliphatic rings. The van der Waals surface area contributed by atoms with Gasteiger partial charge in [0.05, 0.1) is 6.10 Å². The predicted octanol–water partition coefficient (Wildman–Crippen LogP) is 2.34. The fourth-order valence-electron chi connectivity index (χ4n) is 3.85. The SMILES string of the molecule is Cc1cccnc1NC(=O)C1CCN([C@@H]2CCCC[C@H]2O)CC1. The minimum atomic E-state index is -0.190. The van der Waals surface area contributed by atoms with Gasteiger partial charge in [-0.3, -0.25) is 9.69 Å². The molecule has 1 aliphatic carbocycles. The number of nitrogens with zero attached hydrogens (tertiary/aromatic N) is 2. The van der Waals surface area contributed by atoms with Crippen LogP contribution in [0, 0.1) is 12.8 Å². The summed E-state index contributed by atoms with van der Waals surface area (Å²) < 4.78 is 0. The number of hydrogen-bond donors (Lipinski definition) is 2. The third kappa shape index (κ3) is 3.90. The summed E-state index contributed by atoms with van der Waals surface area (Å²) in [5.74, 6) is 0.798. The van der Waals surface area contributed by atoms with Crippen LogP contribution >= 0.6 is 0 Å². The molecule has 2 N–H and O–H groups in total. The third-order valence-corrected chi connectivity index (χ3v) is 5.31. The number of pyridine rings is 1. The Morgan fingerprint density at radius 3 is 2.70 bits per heavy atom. The summed E-state index contributed by atoms with van der Waals surface area (Å²) in [5.41, 5.74) is 0.989. The molecule has 1 aliphatic heterocycles. The Kier molecular flexibility index (Phi) is 5.28. The Bertz CT molecular complexity index is 541. The topological polar surface area (TPSA) is 65.5 Å². The van der Waals surface area contributed by atoms with Crippen LogP contribution in [-0.4, -0.2) is 46.1 Å². The van der Waals surface area contributed by atoms with Crippen molar-refractivity contribution in [3.8, 4) is 0 Å². The van der Waals surface area contributed by atoms with Crippen LogP contribution in [0.25, 0.3) is 0 Å². The number of aryl methyl sites for hydroxylation is 1. The van der Waals surface area contributed by atoms with E-state index in [9.17, 15) is 9.90 Å². The fourth-order valence-corrected chi connectivity index (χ4v) is 3.85. The number of likely N-dealkylation sites (tertiary alicyclic amines) is 1. The predicted molar refractivity (Wildman–Crippen MR) is 90.2 cm³/mol. The first-order chi connectivity index (χ1) is 11.1. The number of carbonyl (C=O) groups is 1. The summed E-state index contributed by atoms with van der Waals surface area (Å²) >= 11 is 0. The largest absolute Gasteiger partial charge is 0.391 e. The lowest BCUT2D eigenvalue weighted by Crippen LogP contribution is -2.49. The minimum Gasteiger partial charge on any atom is -0.391 e. The molecule has 0 aromatic carbocycles. The van der Waals surface area contributed by atoms with Crippen molar-refractivity contribution >= 4 is 11.7 Å². The van der Waals surface area contributed by atoms with Gasteiger partial charge < -0.3 is 10.4 Å². The maximum atomic E-state index is 12.4. The monoisotopic (exact) mass is 317 g/mol. The Morgan fingerprint density at radius 2 is 2.00 bits per heavy atom. The average molecular weight is 317 g/mol. The highest BCUT2D eigenvalue weighted by molar-refractivity contribution is 5.92. The maximum Gasteiger partial charge on any atom is 0.228 e. The van der Waals surface area contributed by atoms with Crippen molar-refractivity contribution in [1.82, 2.24) is 9.88 Å². The van der Waals surface area contributed by atoms with Gasteiger partial charge in [0.25, 0.3) is 0 Å². The Labute approximate surface area is 138 Å². The van der Waals surface area contributed by atoms with Gasteiger partial charge in [-0.2, -0.15) is 0 Å². The van der Waals surface area contributed by atoms with Gasteiger partial charge in [0.1, 0.15) is 5.82 Å². The molecule has 0 bridgehead atoms. The third-order valence-electron chi connectivity index (χ3n) is 5.31. The van der Waals surface area contributed by atoms with Crippen LogP contribution in [-0.2, 0) is 4.79 Å². The number of rotatable bonds is 3. The van der Waals surface area contributed by atoms with Crippen molar-refractivity contribution in [3.63, 3.8) is 0 Å². The number of aromatic nitrogens is 1. The average Bonchev–Trinajstić information content (AvgIpc) is 2.57. The van der Waals surface area contributed by atoms with Gasteiger partial charge in [0.15, 0.2) is 0 Å². The number of piperidine rings is 1. The van der Waals surface area contributed by atoms with Crippen LogP contribution in [0.4, 0.5) is 5.82 Å². The smallest absolute Gasteiger partial charge is 0.228 e. The van der Waals surface area contributed by atoms with Crippen molar-refractivity contribution < 1.29 is 9.90 Å². The van der Waals surface area contributed by atoms with Gasteiger partial charge in [-0.05, 0) is 57.3 Å². The standard InChI is InChI=1S/C18H27N3O2/c1-13-5-4-10-19-17(13)20-18(23)14-8-11-21(12-9-14)15-6-2-3-7-16(15)22/h4-5,10,14-16,22H,2-3,6-9,11-12H2,1H3,(H,19,20,23)/t15-,16-/m1/s1. The molecule has 2 atom stereocenters. The highest BCUT2D eigenvalue weighted by atomic mass is 16.3. The quantitative estimate of drug-likeness (QED) is 0.898. The minimum absolute atomic E-state index is 0.0494. The van der Waals surface area contributed by atoms with Crippen LogP contribution in [0.2, 0.25) is 0 Å². The molecule has 2 heterocycles.